The van der Waals surface area contributed by atoms with E-state index in [-0.39, 0.29) is 11.3 Å². The first-order chi connectivity index (χ1) is 14.7. The Kier molecular flexibility index (Phi) is 5.38. The molecule has 150 valence electrons. The van der Waals surface area contributed by atoms with E-state index >= 15 is 0 Å². The molecule has 3 aromatic carbocycles. The van der Waals surface area contributed by atoms with E-state index in [2.05, 4.69) is 20.8 Å². The van der Waals surface area contributed by atoms with Crippen molar-refractivity contribution < 1.29 is 14.6 Å². The smallest absolute Gasteiger partial charge is 0.275 e. The number of nitrogens with zero attached hydrogens (tertiary/aromatic N) is 4. The van der Waals surface area contributed by atoms with Gasteiger partial charge < -0.3 is 9.84 Å². The highest BCUT2D eigenvalue weighted by Gasteiger charge is 2.10. The Labute approximate surface area is 172 Å². The fraction of sp³-hybridized carbons (Fsp3) is 0.0909. The molecule has 0 radical (unpaired) electrons. The van der Waals surface area contributed by atoms with Crippen molar-refractivity contribution in [2.75, 3.05) is 7.11 Å². The Bertz CT molecular complexity index is 1230. The van der Waals surface area contributed by atoms with E-state index < -0.39 is 5.91 Å². The summed E-state index contributed by atoms with van der Waals surface area (Å²) < 4.78 is 7.27. The number of amides is 1. The van der Waals surface area contributed by atoms with Crippen LogP contribution in [0.4, 0.5) is 0 Å². The van der Waals surface area contributed by atoms with E-state index in [9.17, 15) is 9.90 Å². The summed E-state index contributed by atoms with van der Waals surface area (Å²) >= 11 is 0. The number of aromatic hydroxyl groups is 1. The lowest BCUT2D eigenvalue weighted by molar-refractivity contribution is 0.0952. The van der Waals surface area contributed by atoms with Crippen LogP contribution in [0.3, 0.4) is 0 Å². The van der Waals surface area contributed by atoms with E-state index in [1.165, 1.54) is 18.3 Å². The fourth-order valence-electron chi connectivity index (χ4n) is 3.09. The molecule has 4 rings (SSSR count). The number of aromatic nitrogens is 3. The maximum Gasteiger partial charge on any atom is 0.275 e. The molecule has 0 saturated carbocycles. The number of nitrogens with one attached hydrogen (secondary N) is 1. The lowest BCUT2D eigenvalue weighted by atomic mass is 10.1. The molecule has 0 saturated heterocycles. The normalized spacial score (nSPS) is 11.1. The molecule has 8 heteroatoms. The standard InChI is InChI=1S/C22H19N5O3/c1-30-21-11-10-15(13-23-25-22(29)17-6-2-5-9-20(17)28)12-16(21)14-27-19-8-4-3-7-18(19)24-26-27/h2-13,28H,14H2,1H3,(H,25,29). The van der Waals surface area contributed by atoms with Crippen molar-refractivity contribution >= 4 is 23.2 Å². The average molecular weight is 401 g/mol. The Morgan fingerprint density at radius 2 is 1.97 bits per heavy atom. The third-order valence-corrected chi connectivity index (χ3v) is 4.57. The quantitative estimate of drug-likeness (QED) is 0.382. The maximum absolute atomic E-state index is 12.1. The zero-order valence-corrected chi connectivity index (χ0v) is 16.2. The summed E-state index contributed by atoms with van der Waals surface area (Å²) in [5.41, 5.74) is 5.98. The molecule has 0 atom stereocenters. The Balaban J connectivity index is 1.53. The summed E-state index contributed by atoms with van der Waals surface area (Å²) in [6.07, 6.45) is 1.53. The van der Waals surface area contributed by atoms with Gasteiger partial charge in [-0.05, 0) is 48.0 Å². The van der Waals surface area contributed by atoms with Gasteiger partial charge in [-0.25, -0.2) is 10.1 Å². The van der Waals surface area contributed by atoms with Crippen molar-refractivity contribution in [3.8, 4) is 11.5 Å². The van der Waals surface area contributed by atoms with E-state index in [4.69, 9.17) is 4.74 Å². The monoisotopic (exact) mass is 401 g/mol. The van der Waals surface area contributed by atoms with Gasteiger partial charge in [0.2, 0.25) is 0 Å². The van der Waals surface area contributed by atoms with Crippen molar-refractivity contribution in [3.05, 3.63) is 83.4 Å². The molecule has 0 aliphatic rings. The molecule has 0 bridgehead atoms. The first kappa shape index (κ1) is 19.1. The highest BCUT2D eigenvalue weighted by atomic mass is 16.5. The second kappa shape index (κ2) is 8.44. The molecule has 30 heavy (non-hydrogen) atoms. The number of hydrazone groups is 1. The van der Waals surface area contributed by atoms with Gasteiger partial charge >= 0.3 is 0 Å². The minimum atomic E-state index is -0.493. The van der Waals surface area contributed by atoms with Crippen LogP contribution in [0, 0.1) is 0 Å². The minimum Gasteiger partial charge on any atom is -0.507 e. The van der Waals surface area contributed by atoms with Crippen molar-refractivity contribution in [1.82, 2.24) is 20.4 Å². The molecule has 2 N–H and O–H groups in total. The van der Waals surface area contributed by atoms with Crippen LogP contribution in [-0.2, 0) is 6.54 Å². The van der Waals surface area contributed by atoms with Gasteiger partial charge in [0.25, 0.3) is 5.91 Å². The van der Waals surface area contributed by atoms with Crippen LogP contribution in [0.1, 0.15) is 21.5 Å². The molecule has 1 heterocycles. The lowest BCUT2D eigenvalue weighted by Crippen LogP contribution is -2.17. The van der Waals surface area contributed by atoms with Gasteiger partial charge in [-0.2, -0.15) is 5.10 Å². The fourth-order valence-corrected chi connectivity index (χ4v) is 3.09. The van der Waals surface area contributed by atoms with Gasteiger partial charge in [0.1, 0.15) is 17.0 Å². The number of ether oxygens (including phenoxy) is 1. The predicted octanol–water partition coefficient (Wildman–Crippen LogP) is 2.96. The van der Waals surface area contributed by atoms with E-state index in [0.29, 0.717) is 12.3 Å². The Morgan fingerprint density at radius 1 is 1.17 bits per heavy atom. The zero-order valence-electron chi connectivity index (χ0n) is 16.2. The molecule has 0 aliphatic carbocycles. The topological polar surface area (TPSA) is 102 Å². The highest BCUT2D eigenvalue weighted by Crippen LogP contribution is 2.22. The van der Waals surface area contributed by atoms with Gasteiger partial charge in [0, 0.05) is 5.56 Å². The lowest BCUT2D eigenvalue weighted by Gasteiger charge is -2.10. The number of hydrogen-bond donors (Lipinski definition) is 2. The third kappa shape index (κ3) is 3.97. The van der Waals surface area contributed by atoms with E-state index in [1.54, 1.807) is 23.9 Å². The molecule has 0 fully saturated rings. The Morgan fingerprint density at radius 3 is 2.80 bits per heavy atom. The molecular weight excluding hydrogens is 382 g/mol. The highest BCUT2D eigenvalue weighted by molar-refractivity contribution is 5.97. The molecule has 8 nitrogen and oxygen atoms in total. The minimum absolute atomic E-state index is 0.100. The largest absolute Gasteiger partial charge is 0.507 e. The number of rotatable bonds is 6. The van der Waals surface area contributed by atoms with E-state index in [1.807, 2.05) is 42.5 Å². The van der Waals surface area contributed by atoms with Crippen LogP contribution < -0.4 is 10.2 Å². The van der Waals surface area contributed by atoms with E-state index in [0.717, 1.165) is 22.2 Å². The van der Waals surface area contributed by atoms with Crippen molar-refractivity contribution in [2.45, 2.75) is 6.54 Å². The SMILES string of the molecule is COc1ccc(C=NNC(=O)c2ccccc2O)cc1Cn1nnc2ccccc21. The van der Waals surface area contributed by atoms with Crippen molar-refractivity contribution in [1.29, 1.82) is 0 Å². The zero-order chi connectivity index (χ0) is 20.9. The third-order valence-electron chi connectivity index (χ3n) is 4.57. The maximum atomic E-state index is 12.1. The summed E-state index contributed by atoms with van der Waals surface area (Å²) in [6, 6.07) is 19.6. The molecule has 4 aromatic rings. The van der Waals surface area contributed by atoms with Gasteiger partial charge in [-0.1, -0.05) is 29.5 Å². The number of benzene rings is 3. The number of phenols is 1. The number of methoxy groups -OCH3 is 1. The summed E-state index contributed by atoms with van der Waals surface area (Å²) in [5, 5.41) is 22.1. The van der Waals surface area contributed by atoms with Crippen LogP contribution in [0.2, 0.25) is 0 Å². The molecule has 0 unspecified atom stereocenters. The first-order valence-corrected chi connectivity index (χ1v) is 9.22. The number of hydrogen-bond acceptors (Lipinski definition) is 6. The number of fused-ring (bicyclic) bond motifs is 1. The Hall–Kier alpha value is -4.20. The molecule has 0 aliphatic heterocycles. The van der Waals surface area contributed by atoms with Gasteiger partial charge in [0.05, 0.1) is 30.9 Å². The number of para-hydroxylation sites is 2. The molecular formula is C22H19N5O3. The second-order valence-electron chi connectivity index (χ2n) is 6.52. The first-order valence-electron chi connectivity index (χ1n) is 9.22. The predicted molar refractivity (Wildman–Crippen MR) is 113 cm³/mol. The summed E-state index contributed by atoms with van der Waals surface area (Å²) in [4.78, 5) is 12.1. The van der Waals surface area contributed by atoms with Gasteiger partial charge in [-0.15, -0.1) is 5.10 Å². The molecule has 1 amide bonds. The van der Waals surface area contributed by atoms with Crippen LogP contribution in [0.15, 0.2) is 71.8 Å². The number of phenolic OH excluding ortho intramolecular Hbond substituents is 1. The number of carbonyl (C=O) groups is 1. The van der Waals surface area contributed by atoms with Crippen molar-refractivity contribution in [2.24, 2.45) is 5.10 Å². The van der Waals surface area contributed by atoms with Crippen LogP contribution >= 0.6 is 0 Å². The van der Waals surface area contributed by atoms with Gasteiger partial charge in [-0.3, -0.25) is 4.79 Å². The van der Waals surface area contributed by atoms with Crippen LogP contribution in [-0.4, -0.2) is 39.3 Å². The van der Waals surface area contributed by atoms with Gasteiger partial charge in [0.15, 0.2) is 0 Å². The van der Waals surface area contributed by atoms with Crippen LogP contribution in [0.5, 0.6) is 11.5 Å². The van der Waals surface area contributed by atoms with Crippen molar-refractivity contribution in [3.63, 3.8) is 0 Å². The molecule has 0 spiro atoms. The molecule has 1 aromatic heterocycles. The summed E-state index contributed by atoms with van der Waals surface area (Å²) in [6.45, 7) is 0.468. The van der Waals surface area contributed by atoms with Crippen LogP contribution in [0.25, 0.3) is 11.0 Å². The average Bonchev–Trinajstić information content (AvgIpc) is 3.17. The second-order valence-corrected chi connectivity index (χ2v) is 6.52. The summed E-state index contributed by atoms with van der Waals surface area (Å²) in [5.74, 6) is 0.120. The number of carbonyl (C=O) groups excluding carboxylic acids is 1. The summed E-state index contributed by atoms with van der Waals surface area (Å²) in [7, 11) is 1.61.